The number of quaternary nitrogens is 1. The van der Waals surface area contributed by atoms with Crippen LogP contribution in [0.1, 0.15) is 43.6 Å². The molecule has 3 rings (SSSR count). The fourth-order valence-electron chi connectivity index (χ4n) is 3.68. The highest BCUT2D eigenvalue weighted by molar-refractivity contribution is 5.67. The zero-order chi connectivity index (χ0) is 12.5. The van der Waals surface area contributed by atoms with Crippen molar-refractivity contribution in [2.75, 3.05) is 0 Å². The normalized spacial score (nSPS) is 32.1. The molecular formula is C15H19FNO+. The van der Waals surface area contributed by atoms with Crippen molar-refractivity contribution in [3.05, 3.63) is 35.6 Å². The standard InChI is InChI=1S/C15H18FNO/c16-11-6-4-10(5-7-11)12-2-1-3-13(12)14-8-9-15(18)17-14/h4-7,12-14H,1-3,8-9H2,(H,17,18)/p+1. The molecule has 2 aliphatic rings. The van der Waals surface area contributed by atoms with E-state index in [1.807, 2.05) is 17.4 Å². The van der Waals surface area contributed by atoms with Crippen molar-refractivity contribution < 1.29 is 14.5 Å². The van der Waals surface area contributed by atoms with Gasteiger partial charge in [0, 0.05) is 12.3 Å². The Balaban J connectivity index is 1.78. The van der Waals surface area contributed by atoms with E-state index in [9.17, 15) is 9.18 Å². The van der Waals surface area contributed by atoms with Crippen LogP contribution in [0.25, 0.3) is 0 Å². The number of benzene rings is 1. The van der Waals surface area contributed by atoms with Crippen LogP contribution in [-0.2, 0) is 4.79 Å². The highest BCUT2D eigenvalue weighted by atomic mass is 19.1. The second kappa shape index (κ2) is 4.81. The average Bonchev–Trinajstić information content (AvgIpc) is 2.98. The van der Waals surface area contributed by atoms with E-state index in [0.717, 1.165) is 12.8 Å². The van der Waals surface area contributed by atoms with Crippen LogP contribution >= 0.6 is 0 Å². The summed E-state index contributed by atoms with van der Waals surface area (Å²) in [5.41, 5.74) is 1.24. The molecule has 1 amide bonds. The number of hydrogen-bond donors (Lipinski definition) is 1. The SMILES string of the molecule is O=C1CCC(C2CCCC2c2ccc(F)cc2)[NH2+]1. The van der Waals surface area contributed by atoms with E-state index < -0.39 is 0 Å². The van der Waals surface area contributed by atoms with Crippen LogP contribution in [0.5, 0.6) is 0 Å². The summed E-state index contributed by atoms with van der Waals surface area (Å²) in [7, 11) is 0. The first-order valence-corrected chi connectivity index (χ1v) is 6.87. The van der Waals surface area contributed by atoms with Gasteiger partial charge in [0.25, 0.3) is 0 Å². The van der Waals surface area contributed by atoms with Crippen LogP contribution in [0.2, 0.25) is 0 Å². The number of nitrogens with two attached hydrogens (primary N) is 1. The van der Waals surface area contributed by atoms with E-state index in [1.165, 1.54) is 24.8 Å². The summed E-state index contributed by atoms with van der Waals surface area (Å²) in [4.78, 5) is 11.4. The highest BCUT2D eigenvalue weighted by Crippen LogP contribution is 2.42. The summed E-state index contributed by atoms with van der Waals surface area (Å²) >= 11 is 0. The van der Waals surface area contributed by atoms with E-state index >= 15 is 0 Å². The fourth-order valence-corrected chi connectivity index (χ4v) is 3.68. The third-order valence-electron chi connectivity index (χ3n) is 4.54. The molecule has 0 bridgehead atoms. The van der Waals surface area contributed by atoms with Crippen LogP contribution in [-0.4, -0.2) is 11.9 Å². The first kappa shape index (κ1) is 11.8. The molecule has 1 aromatic carbocycles. The maximum atomic E-state index is 13.0. The molecule has 3 heteroatoms. The third kappa shape index (κ3) is 2.19. The Morgan fingerprint density at radius 2 is 1.89 bits per heavy atom. The molecular weight excluding hydrogens is 229 g/mol. The summed E-state index contributed by atoms with van der Waals surface area (Å²) in [6, 6.07) is 7.38. The van der Waals surface area contributed by atoms with Gasteiger partial charge in [0.05, 0.1) is 12.5 Å². The third-order valence-corrected chi connectivity index (χ3v) is 4.54. The van der Waals surface area contributed by atoms with Crippen molar-refractivity contribution in [1.82, 2.24) is 0 Å². The number of amides is 1. The molecule has 1 aliphatic carbocycles. The van der Waals surface area contributed by atoms with E-state index in [2.05, 4.69) is 0 Å². The monoisotopic (exact) mass is 248 g/mol. The molecule has 1 saturated carbocycles. The summed E-state index contributed by atoms with van der Waals surface area (Å²) in [6.45, 7) is 0. The van der Waals surface area contributed by atoms with Gasteiger partial charge in [0.1, 0.15) is 5.82 Å². The van der Waals surface area contributed by atoms with Crippen molar-refractivity contribution in [1.29, 1.82) is 0 Å². The number of primary amides is 1. The largest absolute Gasteiger partial charge is 0.310 e. The minimum atomic E-state index is -0.170. The highest BCUT2D eigenvalue weighted by Gasteiger charge is 2.40. The lowest BCUT2D eigenvalue weighted by Gasteiger charge is -2.23. The maximum absolute atomic E-state index is 13.0. The first-order valence-electron chi connectivity index (χ1n) is 6.87. The van der Waals surface area contributed by atoms with E-state index in [1.54, 1.807) is 12.1 Å². The topological polar surface area (TPSA) is 33.7 Å². The number of rotatable bonds is 2. The van der Waals surface area contributed by atoms with Crippen molar-refractivity contribution in [2.24, 2.45) is 5.92 Å². The molecule has 1 saturated heterocycles. The predicted molar refractivity (Wildman–Crippen MR) is 66.4 cm³/mol. The van der Waals surface area contributed by atoms with E-state index in [4.69, 9.17) is 0 Å². The summed E-state index contributed by atoms with van der Waals surface area (Å²) in [6.07, 6.45) is 5.34. The van der Waals surface area contributed by atoms with Gasteiger partial charge in [-0.1, -0.05) is 18.6 Å². The van der Waals surface area contributed by atoms with Gasteiger partial charge in [-0.05, 0) is 36.5 Å². The van der Waals surface area contributed by atoms with Crippen LogP contribution < -0.4 is 5.32 Å². The van der Waals surface area contributed by atoms with Crippen LogP contribution in [0.15, 0.2) is 24.3 Å². The quantitative estimate of drug-likeness (QED) is 0.853. The molecule has 1 heterocycles. The van der Waals surface area contributed by atoms with Crippen molar-refractivity contribution in [3.63, 3.8) is 0 Å². The number of halogens is 1. The van der Waals surface area contributed by atoms with Crippen LogP contribution in [0.3, 0.4) is 0 Å². The van der Waals surface area contributed by atoms with Gasteiger partial charge >= 0.3 is 5.91 Å². The Morgan fingerprint density at radius 3 is 2.56 bits per heavy atom. The van der Waals surface area contributed by atoms with Crippen molar-refractivity contribution in [2.45, 2.75) is 44.1 Å². The Kier molecular flexibility index (Phi) is 3.16. The molecule has 2 fully saturated rings. The molecule has 1 aliphatic heterocycles. The molecule has 1 aromatic rings. The van der Waals surface area contributed by atoms with Crippen molar-refractivity contribution >= 4 is 5.91 Å². The van der Waals surface area contributed by atoms with E-state index in [0.29, 0.717) is 23.8 Å². The summed E-state index contributed by atoms with van der Waals surface area (Å²) in [5.74, 6) is 1.24. The van der Waals surface area contributed by atoms with Gasteiger partial charge in [-0.15, -0.1) is 0 Å². The lowest BCUT2D eigenvalue weighted by atomic mass is 9.83. The van der Waals surface area contributed by atoms with Gasteiger partial charge in [0.2, 0.25) is 0 Å². The van der Waals surface area contributed by atoms with Gasteiger partial charge in [-0.25, -0.2) is 9.18 Å². The van der Waals surface area contributed by atoms with Gasteiger partial charge in [0.15, 0.2) is 0 Å². The second-order valence-corrected chi connectivity index (χ2v) is 5.59. The predicted octanol–water partition coefficient (Wildman–Crippen LogP) is 1.96. The first-order chi connectivity index (χ1) is 8.74. The van der Waals surface area contributed by atoms with Gasteiger partial charge in [-0.2, -0.15) is 0 Å². The minimum absolute atomic E-state index is 0.170. The molecule has 3 unspecified atom stereocenters. The van der Waals surface area contributed by atoms with Gasteiger partial charge in [-0.3, -0.25) is 5.32 Å². The molecule has 96 valence electrons. The van der Waals surface area contributed by atoms with Crippen LogP contribution in [0.4, 0.5) is 4.39 Å². The second-order valence-electron chi connectivity index (χ2n) is 5.59. The molecule has 0 radical (unpaired) electrons. The number of carbonyl (C=O) groups is 1. The average molecular weight is 248 g/mol. The molecule has 2 N–H and O–H groups in total. The zero-order valence-electron chi connectivity index (χ0n) is 10.4. The molecule has 3 atom stereocenters. The maximum Gasteiger partial charge on any atom is 0.310 e. The smallest absolute Gasteiger partial charge is 0.281 e. The lowest BCUT2D eigenvalue weighted by molar-refractivity contribution is -0.600. The Bertz CT molecular complexity index is 442. The zero-order valence-corrected chi connectivity index (χ0v) is 10.4. The van der Waals surface area contributed by atoms with Gasteiger partial charge < -0.3 is 0 Å². The molecule has 2 nitrogen and oxygen atoms in total. The van der Waals surface area contributed by atoms with Crippen molar-refractivity contribution in [3.8, 4) is 0 Å². The van der Waals surface area contributed by atoms with Crippen LogP contribution in [0, 0.1) is 11.7 Å². The number of carbonyl (C=O) groups excluding carboxylic acids is 1. The minimum Gasteiger partial charge on any atom is -0.281 e. The fraction of sp³-hybridized carbons (Fsp3) is 0.533. The molecule has 0 aromatic heterocycles. The molecule has 0 spiro atoms. The lowest BCUT2D eigenvalue weighted by Crippen LogP contribution is -2.91. The Morgan fingerprint density at radius 1 is 1.11 bits per heavy atom. The summed E-state index contributed by atoms with van der Waals surface area (Å²) in [5, 5.41) is 1.94. The number of hydrogen-bond acceptors (Lipinski definition) is 1. The Hall–Kier alpha value is -1.22. The van der Waals surface area contributed by atoms with E-state index in [-0.39, 0.29) is 5.82 Å². The molecule has 18 heavy (non-hydrogen) atoms. The summed E-state index contributed by atoms with van der Waals surface area (Å²) < 4.78 is 13.0. The Labute approximate surface area is 107 Å².